The number of halogens is 3. The van der Waals surface area contributed by atoms with Crippen molar-refractivity contribution >= 4 is 39.1 Å². The summed E-state index contributed by atoms with van der Waals surface area (Å²) >= 11 is 12.2. The van der Waals surface area contributed by atoms with E-state index in [1.165, 1.54) is 36.2 Å². The van der Waals surface area contributed by atoms with Gasteiger partial charge in [0, 0.05) is 35.7 Å². The highest BCUT2D eigenvalue weighted by atomic mass is 35.5. The minimum atomic E-state index is -4.02. The van der Waals surface area contributed by atoms with E-state index in [0.29, 0.717) is 16.1 Å². The zero-order valence-electron chi connectivity index (χ0n) is 17.2. The Bertz CT molecular complexity index is 1210. The van der Waals surface area contributed by atoms with Gasteiger partial charge in [-0.1, -0.05) is 65.7 Å². The minimum Gasteiger partial charge on any atom is -0.340 e. The number of carbonyl (C=O) groups is 1. The first-order valence-corrected chi connectivity index (χ1v) is 11.8. The molecule has 168 valence electrons. The monoisotopic (exact) mass is 494 g/mol. The molecule has 0 saturated heterocycles. The van der Waals surface area contributed by atoms with Crippen LogP contribution in [0.2, 0.25) is 10.0 Å². The van der Waals surface area contributed by atoms with Crippen LogP contribution >= 0.6 is 23.2 Å². The van der Waals surface area contributed by atoms with Crippen molar-refractivity contribution in [3.05, 3.63) is 99.8 Å². The van der Waals surface area contributed by atoms with Crippen molar-refractivity contribution in [3.8, 4) is 0 Å². The van der Waals surface area contributed by atoms with Crippen LogP contribution in [-0.2, 0) is 27.9 Å². The zero-order valence-corrected chi connectivity index (χ0v) is 19.5. The molecule has 0 radical (unpaired) electrons. The average Bonchev–Trinajstić information content (AvgIpc) is 2.77. The normalized spacial score (nSPS) is 11.5. The lowest BCUT2D eigenvalue weighted by atomic mass is 10.2. The summed E-state index contributed by atoms with van der Waals surface area (Å²) in [5, 5.41) is 0.704. The highest BCUT2D eigenvalue weighted by molar-refractivity contribution is 7.89. The van der Waals surface area contributed by atoms with Crippen LogP contribution in [0, 0.1) is 5.82 Å². The summed E-state index contributed by atoms with van der Waals surface area (Å²) in [7, 11) is -2.52. The fourth-order valence-corrected chi connectivity index (χ4v) is 4.91. The van der Waals surface area contributed by atoms with Gasteiger partial charge in [0.15, 0.2) is 0 Å². The van der Waals surface area contributed by atoms with Crippen LogP contribution in [0.4, 0.5) is 4.39 Å². The fourth-order valence-electron chi connectivity index (χ4n) is 3.05. The molecule has 0 aliphatic heterocycles. The lowest BCUT2D eigenvalue weighted by molar-refractivity contribution is -0.130. The Balaban J connectivity index is 1.88. The van der Waals surface area contributed by atoms with Crippen LogP contribution in [0.1, 0.15) is 11.1 Å². The molecular weight excluding hydrogens is 474 g/mol. The first kappa shape index (κ1) is 24.2. The van der Waals surface area contributed by atoms with Crippen LogP contribution in [0.25, 0.3) is 0 Å². The first-order chi connectivity index (χ1) is 15.2. The van der Waals surface area contributed by atoms with Gasteiger partial charge in [-0.15, -0.1) is 0 Å². The van der Waals surface area contributed by atoms with Gasteiger partial charge in [-0.2, -0.15) is 4.31 Å². The molecule has 0 aliphatic carbocycles. The van der Waals surface area contributed by atoms with Gasteiger partial charge in [-0.05, 0) is 35.9 Å². The maximum Gasteiger partial charge on any atom is 0.243 e. The molecule has 32 heavy (non-hydrogen) atoms. The Kier molecular flexibility index (Phi) is 7.90. The molecule has 3 aromatic carbocycles. The molecule has 0 fully saturated rings. The molecule has 0 unspecified atom stereocenters. The van der Waals surface area contributed by atoms with Gasteiger partial charge >= 0.3 is 0 Å². The topological polar surface area (TPSA) is 57.7 Å². The molecule has 0 saturated carbocycles. The predicted molar refractivity (Wildman–Crippen MR) is 123 cm³/mol. The molecule has 3 aromatic rings. The van der Waals surface area contributed by atoms with E-state index in [9.17, 15) is 17.6 Å². The van der Waals surface area contributed by atoms with Crippen LogP contribution < -0.4 is 0 Å². The fraction of sp³-hybridized carbons (Fsp3) is 0.174. The Morgan fingerprint density at radius 3 is 2.22 bits per heavy atom. The lowest BCUT2D eigenvalue weighted by Crippen LogP contribution is -2.41. The Labute approximate surface area is 197 Å². The van der Waals surface area contributed by atoms with Crippen molar-refractivity contribution in [1.82, 2.24) is 9.21 Å². The Morgan fingerprint density at radius 2 is 1.56 bits per heavy atom. The summed E-state index contributed by atoms with van der Waals surface area (Å²) in [6, 6.07) is 18.7. The number of rotatable bonds is 8. The molecular formula is C23H21Cl2FN2O3S. The van der Waals surface area contributed by atoms with Crippen molar-refractivity contribution < 1.29 is 17.6 Å². The number of amides is 1. The number of sulfonamides is 1. The van der Waals surface area contributed by atoms with E-state index in [1.807, 2.05) is 0 Å². The second kappa shape index (κ2) is 10.4. The Hall–Kier alpha value is -2.45. The summed E-state index contributed by atoms with van der Waals surface area (Å²) in [6.07, 6.45) is 0. The minimum absolute atomic E-state index is 0.00638. The van der Waals surface area contributed by atoms with E-state index in [1.54, 1.807) is 48.5 Å². The van der Waals surface area contributed by atoms with Gasteiger partial charge in [-0.3, -0.25) is 4.79 Å². The second-order valence-electron chi connectivity index (χ2n) is 7.16. The predicted octanol–water partition coefficient (Wildman–Crippen LogP) is 4.98. The van der Waals surface area contributed by atoms with Gasteiger partial charge in [0.25, 0.3) is 0 Å². The third kappa shape index (κ3) is 5.86. The summed E-state index contributed by atoms with van der Waals surface area (Å²) in [4.78, 5) is 14.3. The maximum absolute atomic E-state index is 14.0. The molecule has 5 nitrogen and oxygen atoms in total. The summed E-state index contributed by atoms with van der Waals surface area (Å²) < 4.78 is 41.7. The van der Waals surface area contributed by atoms with E-state index in [-0.39, 0.29) is 23.0 Å². The molecule has 0 aromatic heterocycles. The van der Waals surface area contributed by atoms with Crippen LogP contribution in [0.3, 0.4) is 0 Å². The van der Waals surface area contributed by atoms with Gasteiger partial charge < -0.3 is 4.90 Å². The highest BCUT2D eigenvalue weighted by Crippen LogP contribution is 2.25. The molecule has 3 rings (SSSR count). The van der Waals surface area contributed by atoms with Crippen LogP contribution in [0.5, 0.6) is 0 Å². The number of carbonyl (C=O) groups excluding carboxylic acids is 1. The van der Waals surface area contributed by atoms with Gasteiger partial charge in [0.2, 0.25) is 15.9 Å². The van der Waals surface area contributed by atoms with E-state index >= 15 is 0 Å². The molecule has 0 N–H and O–H groups in total. The molecule has 0 aliphatic rings. The smallest absolute Gasteiger partial charge is 0.243 e. The SMILES string of the molecule is CN(Cc1ccccc1F)C(=O)CN(Cc1ccc(Cl)cc1Cl)S(=O)(=O)c1ccccc1. The highest BCUT2D eigenvalue weighted by Gasteiger charge is 2.28. The maximum atomic E-state index is 14.0. The number of hydrogen-bond donors (Lipinski definition) is 0. The van der Waals surface area contributed by atoms with E-state index < -0.39 is 28.3 Å². The second-order valence-corrected chi connectivity index (χ2v) is 9.94. The zero-order chi connectivity index (χ0) is 23.3. The van der Waals surface area contributed by atoms with E-state index in [2.05, 4.69) is 0 Å². The van der Waals surface area contributed by atoms with Gasteiger partial charge in [-0.25, -0.2) is 12.8 Å². The number of likely N-dealkylation sites (N-methyl/N-ethyl adjacent to an activating group) is 1. The average molecular weight is 495 g/mol. The summed E-state index contributed by atoms with van der Waals surface area (Å²) in [6.45, 7) is -0.569. The Morgan fingerprint density at radius 1 is 0.906 bits per heavy atom. The van der Waals surface area contributed by atoms with Crippen molar-refractivity contribution in [2.45, 2.75) is 18.0 Å². The van der Waals surface area contributed by atoms with Gasteiger partial charge in [0.05, 0.1) is 11.4 Å². The number of hydrogen-bond acceptors (Lipinski definition) is 3. The first-order valence-electron chi connectivity index (χ1n) is 9.65. The standard InChI is InChI=1S/C23H21Cl2FN2O3S/c1-27(14-18-7-5-6-10-22(18)26)23(29)16-28(15-17-11-12-19(24)13-21(17)25)32(30,31)20-8-3-2-4-9-20/h2-13H,14-16H2,1H3. The van der Waals surface area contributed by atoms with E-state index in [4.69, 9.17) is 23.2 Å². The van der Waals surface area contributed by atoms with Crippen LogP contribution in [-0.4, -0.2) is 37.1 Å². The third-order valence-corrected chi connectivity index (χ3v) is 7.24. The summed E-state index contributed by atoms with van der Waals surface area (Å²) in [5.74, 6) is -0.924. The van der Waals surface area contributed by atoms with Crippen molar-refractivity contribution in [2.24, 2.45) is 0 Å². The molecule has 0 bridgehead atoms. The van der Waals surface area contributed by atoms with Crippen molar-refractivity contribution in [3.63, 3.8) is 0 Å². The molecule has 1 amide bonds. The van der Waals surface area contributed by atoms with Crippen molar-refractivity contribution in [2.75, 3.05) is 13.6 Å². The van der Waals surface area contributed by atoms with Crippen LogP contribution in [0.15, 0.2) is 77.7 Å². The largest absolute Gasteiger partial charge is 0.340 e. The summed E-state index contributed by atoms with van der Waals surface area (Å²) in [5.41, 5.74) is 0.835. The van der Waals surface area contributed by atoms with Gasteiger partial charge in [0.1, 0.15) is 5.82 Å². The molecule has 0 heterocycles. The molecule has 0 atom stereocenters. The lowest BCUT2D eigenvalue weighted by Gasteiger charge is -2.25. The quantitative estimate of drug-likeness (QED) is 0.443. The van der Waals surface area contributed by atoms with Crippen molar-refractivity contribution in [1.29, 1.82) is 0 Å². The molecule has 0 spiro atoms. The number of benzene rings is 3. The third-order valence-electron chi connectivity index (χ3n) is 4.85. The number of nitrogens with zero attached hydrogens (tertiary/aromatic N) is 2. The van der Waals surface area contributed by atoms with E-state index in [0.717, 1.165) is 4.31 Å². The molecule has 9 heteroatoms.